The molecule has 0 unspecified atom stereocenters. The molecule has 0 radical (unpaired) electrons. The molecule has 0 aliphatic heterocycles. The molecule has 3 aromatic rings. The molecule has 0 spiro atoms. The highest BCUT2D eigenvalue weighted by Crippen LogP contribution is 2.17. The van der Waals surface area contributed by atoms with Crippen LogP contribution in [0.5, 0.6) is 0 Å². The Morgan fingerprint density at radius 3 is 2.42 bits per heavy atom. The highest BCUT2D eigenvalue weighted by molar-refractivity contribution is 6.34. The number of aryl methyl sites for hydroxylation is 1. The Morgan fingerprint density at radius 2 is 1.73 bits per heavy atom. The van der Waals surface area contributed by atoms with Gasteiger partial charge in [0, 0.05) is 17.5 Å². The molecule has 0 N–H and O–H groups in total. The first-order valence-electron chi connectivity index (χ1n) is 7.97. The molecule has 132 valence electrons. The number of carbonyl (C=O) groups excluding carboxylic acids is 2. The van der Waals surface area contributed by atoms with Crippen LogP contribution in [0, 0.1) is 0 Å². The zero-order chi connectivity index (χ0) is 18.7. The molecule has 3 rings (SSSR count). The van der Waals surface area contributed by atoms with E-state index in [4.69, 9.17) is 16.3 Å². The summed E-state index contributed by atoms with van der Waals surface area (Å²) in [6, 6.07) is 13.2. The molecular weight excluding hydrogens is 356 g/mol. The maximum absolute atomic E-state index is 12.5. The van der Waals surface area contributed by atoms with Crippen LogP contribution in [0.2, 0.25) is 5.02 Å². The van der Waals surface area contributed by atoms with Crippen molar-refractivity contribution >= 4 is 34.1 Å². The average Bonchev–Trinajstić information content (AvgIpc) is 2.66. The molecule has 0 atom stereocenters. The maximum Gasteiger partial charge on any atom is 0.359 e. The number of hydrogen-bond donors (Lipinski definition) is 0. The van der Waals surface area contributed by atoms with Crippen molar-refractivity contribution in [3.05, 3.63) is 75.2 Å². The summed E-state index contributed by atoms with van der Waals surface area (Å²) in [4.78, 5) is 37.0. The Balaban J connectivity index is 1.89. The van der Waals surface area contributed by atoms with Crippen LogP contribution >= 0.6 is 11.6 Å². The number of carbonyl (C=O) groups is 2. The van der Waals surface area contributed by atoms with E-state index in [1.54, 1.807) is 55.5 Å². The molecule has 7 heteroatoms. The van der Waals surface area contributed by atoms with Crippen molar-refractivity contribution in [2.24, 2.45) is 0 Å². The average molecular weight is 371 g/mol. The summed E-state index contributed by atoms with van der Waals surface area (Å²) < 4.78 is 6.31. The molecule has 1 aromatic heterocycles. The van der Waals surface area contributed by atoms with Crippen molar-refractivity contribution < 1.29 is 14.3 Å². The molecule has 0 saturated carbocycles. The number of rotatable bonds is 5. The first-order chi connectivity index (χ1) is 12.5. The van der Waals surface area contributed by atoms with Crippen LogP contribution in [0.25, 0.3) is 10.8 Å². The van der Waals surface area contributed by atoms with Crippen molar-refractivity contribution in [2.45, 2.75) is 13.5 Å². The fourth-order valence-electron chi connectivity index (χ4n) is 2.56. The third kappa shape index (κ3) is 3.36. The van der Waals surface area contributed by atoms with Gasteiger partial charge in [0.15, 0.2) is 12.3 Å². The van der Waals surface area contributed by atoms with Crippen LogP contribution in [0.15, 0.2) is 53.3 Å². The predicted molar refractivity (Wildman–Crippen MR) is 97.7 cm³/mol. The van der Waals surface area contributed by atoms with E-state index in [2.05, 4.69) is 5.10 Å². The molecule has 0 saturated heterocycles. The topological polar surface area (TPSA) is 78.3 Å². The molecule has 0 amide bonds. The van der Waals surface area contributed by atoms with Gasteiger partial charge in [-0.3, -0.25) is 9.59 Å². The highest BCUT2D eigenvalue weighted by atomic mass is 35.5. The quantitative estimate of drug-likeness (QED) is 0.509. The lowest BCUT2D eigenvalue weighted by atomic mass is 10.1. The lowest BCUT2D eigenvalue weighted by Gasteiger charge is -2.09. The van der Waals surface area contributed by atoms with Gasteiger partial charge < -0.3 is 4.74 Å². The predicted octanol–water partition coefficient (Wildman–Crippen LogP) is 3.11. The van der Waals surface area contributed by atoms with Gasteiger partial charge in [-0.25, -0.2) is 9.48 Å². The Bertz CT molecular complexity index is 1060. The molecule has 26 heavy (non-hydrogen) atoms. The van der Waals surface area contributed by atoms with E-state index in [9.17, 15) is 14.4 Å². The third-order valence-corrected chi connectivity index (χ3v) is 4.20. The van der Waals surface area contributed by atoms with Gasteiger partial charge in [-0.2, -0.15) is 5.10 Å². The largest absolute Gasteiger partial charge is 0.452 e. The smallest absolute Gasteiger partial charge is 0.359 e. The van der Waals surface area contributed by atoms with Gasteiger partial charge in [0.25, 0.3) is 5.56 Å². The first kappa shape index (κ1) is 17.8. The van der Waals surface area contributed by atoms with E-state index in [-0.39, 0.29) is 21.8 Å². The fourth-order valence-corrected chi connectivity index (χ4v) is 2.81. The van der Waals surface area contributed by atoms with Crippen LogP contribution in [-0.2, 0) is 11.3 Å². The van der Waals surface area contributed by atoms with Crippen LogP contribution in [0.3, 0.4) is 0 Å². The number of hydrogen-bond acceptors (Lipinski definition) is 5. The van der Waals surface area contributed by atoms with Crippen LogP contribution in [0.4, 0.5) is 0 Å². The molecule has 0 aliphatic carbocycles. The molecule has 6 nitrogen and oxygen atoms in total. The minimum Gasteiger partial charge on any atom is -0.452 e. The first-order valence-corrected chi connectivity index (χ1v) is 8.35. The second-order valence-corrected chi connectivity index (χ2v) is 5.90. The zero-order valence-corrected chi connectivity index (χ0v) is 14.7. The van der Waals surface area contributed by atoms with Gasteiger partial charge >= 0.3 is 5.97 Å². The Morgan fingerprint density at radius 1 is 1.08 bits per heavy atom. The van der Waals surface area contributed by atoms with E-state index in [0.29, 0.717) is 17.3 Å². The van der Waals surface area contributed by atoms with Crippen molar-refractivity contribution in [2.75, 3.05) is 6.61 Å². The number of nitrogens with zero attached hydrogens (tertiary/aromatic N) is 2. The molecule has 2 aromatic carbocycles. The summed E-state index contributed by atoms with van der Waals surface area (Å²) in [6.07, 6.45) is 0. The number of ketones is 1. The summed E-state index contributed by atoms with van der Waals surface area (Å²) in [5.74, 6) is -1.19. The van der Waals surface area contributed by atoms with Crippen molar-refractivity contribution in [1.82, 2.24) is 9.78 Å². The Hall–Kier alpha value is -2.99. The third-order valence-electron chi connectivity index (χ3n) is 3.87. The minimum absolute atomic E-state index is 0.00555. The van der Waals surface area contributed by atoms with E-state index >= 15 is 0 Å². The Kier molecular flexibility index (Phi) is 5.14. The number of esters is 1. The van der Waals surface area contributed by atoms with Gasteiger partial charge in [0.2, 0.25) is 5.78 Å². The SMILES string of the molecule is CCn1nc(C(=O)OCC(=O)c2ccccc2Cl)c2ccccc2c1=O. The van der Waals surface area contributed by atoms with Gasteiger partial charge in [0.05, 0.1) is 10.4 Å². The van der Waals surface area contributed by atoms with Crippen LogP contribution in [-0.4, -0.2) is 28.1 Å². The van der Waals surface area contributed by atoms with E-state index in [1.807, 2.05) is 0 Å². The zero-order valence-electron chi connectivity index (χ0n) is 13.9. The molecule has 0 bridgehead atoms. The number of ether oxygens (including phenoxy) is 1. The van der Waals surface area contributed by atoms with Gasteiger partial charge in [-0.05, 0) is 25.1 Å². The van der Waals surface area contributed by atoms with Gasteiger partial charge in [-0.1, -0.05) is 41.9 Å². The molecule has 0 aliphatic rings. The summed E-state index contributed by atoms with van der Waals surface area (Å²) in [6.45, 7) is 1.59. The van der Waals surface area contributed by atoms with Crippen LogP contribution < -0.4 is 5.56 Å². The number of fused-ring (bicyclic) bond motifs is 1. The summed E-state index contributed by atoms with van der Waals surface area (Å²) in [5, 5.41) is 5.12. The molecular formula is C19H15ClN2O4. The van der Waals surface area contributed by atoms with E-state index in [0.717, 1.165) is 0 Å². The monoisotopic (exact) mass is 370 g/mol. The molecule has 1 heterocycles. The highest BCUT2D eigenvalue weighted by Gasteiger charge is 2.19. The summed E-state index contributed by atoms with van der Waals surface area (Å²) in [5.41, 5.74) is -0.0147. The van der Waals surface area contributed by atoms with E-state index in [1.165, 1.54) is 4.68 Å². The van der Waals surface area contributed by atoms with Crippen molar-refractivity contribution in [1.29, 1.82) is 0 Å². The lowest BCUT2D eigenvalue weighted by Crippen LogP contribution is -2.26. The Labute approximate surface area is 154 Å². The van der Waals surface area contributed by atoms with Crippen LogP contribution in [0.1, 0.15) is 27.8 Å². The summed E-state index contributed by atoms with van der Waals surface area (Å²) >= 11 is 5.97. The fraction of sp³-hybridized carbons (Fsp3) is 0.158. The standard InChI is InChI=1S/C19H15ClN2O4/c1-2-22-18(24)13-8-4-3-7-12(13)17(21-22)19(25)26-11-16(23)14-9-5-6-10-15(14)20/h3-10H,2,11H2,1H3. The minimum atomic E-state index is -0.774. The number of benzene rings is 2. The maximum atomic E-state index is 12.5. The van der Waals surface area contributed by atoms with E-state index < -0.39 is 18.4 Å². The second-order valence-electron chi connectivity index (χ2n) is 5.49. The second kappa shape index (κ2) is 7.49. The van der Waals surface area contributed by atoms with Crippen molar-refractivity contribution in [3.8, 4) is 0 Å². The van der Waals surface area contributed by atoms with Gasteiger partial charge in [-0.15, -0.1) is 0 Å². The lowest BCUT2D eigenvalue weighted by molar-refractivity contribution is 0.0468. The van der Waals surface area contributed by atoms with Gasteiger partial charge in [0.1, 0.15) is 0 Å². The normalized spacial score (nSPS) is 10.7. The number of halogens is 1. The van der Waals surface area contributed by atoms with Crippen molar-refractivity contribution in [3.63, 3.8) is 0 Å². The summed E-state index contributed by atoms with van der Waals surface area (Å²) in [7, 11) is 0. The number of Topliss-reactive ketones (excluding diaryl/α,β-unsaturated/α-hetero) is 1. The number of aromatic nitrogens is 2. The molecule has 0 fully saturated rings.